The summed E-state index contributed by atoms with van der Waals surface area (Å²) in [5.74, 6) is 0.636. The Bertz CT molecular complexity index is 1220. The van der Waals surface area contributed by atoms with Gasteiger partial charge in [0, 0.05) is 24.8 Å². The van der Waals surface area contributed by atoms with Crippen LogP contribution in [-0.4, -0.2) is 35.6 Å². The van der Waals surface area contributed by atoms with Crippen LogP contribution >= 0.6 is 0 Å². The summed E-state index contributed by atoms with van der Waals surface area (Å²) in [6.07, 6.45) is 17.2. The number of unbranched alkanes of at least 4 members (excludes halogenated alkanes) is 2. The molecule has 4 fully saturated rings. The molecule has 4 saturated carbocycles. The largest absolute Gasteiger partial charge is 0.481 e. The van der Waals surface area contributed by atoms with E-state index in [1.165, 1.54) is 6.42 Å². The van der Waals surface area contributed by atoms with Gasteiger partial charge in [0.25, 0.3) is 0 Å². The number of carbonyl (C=O) groups excluding carboxylic acids is 2. The van der Waals surface area contributed by atoms with Crippen LogP contribution in [0.15, 0.2) is 11.6 Å². The average Bonchev–Trinajstić information content (AvgIpc) is 2.97. The summed E-state index contributed by atoms with van der Waals surface area (Å²) >= 11 is 0. The standard InChI is InChI=1S/C40H65NO5/c1-9-10-11-14-33(44)46-31-18-19-37(6)29(36(31,4)5)17-20-39(8)30(37)16-15-27-28-26-35(2,3)21-23-40(28,24-22-38(27,39)7)34(45)41-25-12-13-32(42)43/h15,28-31H,9-14,16-26H2,1-8H3,(H,41,45)(H,42,43)/t28?,29?,30?,31-,37-,38+,39+,40-/m0/s1. The van der Waals surface area contributed by atoms with Gasteiger partial charge in [0.1, 0.15) is 6.10 Å². The lowest BCUT2D eigenvalue weighted by molar-refractivity contribution is -0.213. The first-order valence-electron chi connectivity index (χ1n) is 18.9. The Morgan fingerprint density at radius 1 is 0.870 bits per heavy atom. The number of hydrogen-bond donors (Lipinski definition) is 2. The van der Waals surface area contributed by atoms with Gasteiger partial charge in [-0.15, -0.1) is 0 Å². The topological polar surface area (TPSA) is 92.7 Å². The fourth-order valence-electron chi connectivity index (χ4n) is 12.2. The van der Waals surface area contributed by atoms with Crippen molar-refractivity contribution in [3.05, 3.63) is 11.6 Å². The second-order valence-corrected chi connectivity index (χ2v) is 18.4. The fraction of sp³-hybridized carbons (Fsp3) is 0.875. The van der Waals surface area contributed by atoms with Gasteiger partial charge in [-0.25, -0.2) is 0 Å². The first-order chi connectivity index (χ1) is 21.5. The van der Waals surface area contributed by atoms with E-state index < -0.39 is 11.4 Å². The van der Waals surface area contributed by atoms with E-state index >= 15 is 0 Å². The molecule has 5 rings (SSSR count). The predicted octanol–water partition coefficient (Wildman–Crippen LogP) is 9.26. The SMILES string of the molecule is CCCCCC(=O)O[C@H]1CC[C@@]2(C)C(CC[C@]3(C)C2CC=C2C4CC(C)(C)CC[C@]4(C(=O)NCCCC(=O)O)CC[C@]23C)C1(C)C. The van der Waals surface area contributed by atoms with Gasteiger partial charge in [0.05, 0.1) is 5.41 Å². The summed E-state index contributed by atoms with van der Waals surface area (Å²) in [5.41, 5.74) is 1.66. The Kier molecular flexibility index (Phi) is 9.68. The van der Waals surface area contributed by atoms with Crippen LogP contribution < -0.4 is 5.32 Å². The van der Waals surface area contributed by atoms with Gasteiger partial charge in [0.2, 0.25) is 5.91 Å². The van der Waals surface area contributed by atoms with Crippen LogP contribution in [0.1, 0.15) is 158 Å². The van der Waals surface area contributed by atoms with Crippen molar-refractivity contribution >= 4 is 17.8 Å². The summed E-state index contributed by atoms with van der Waals surface area (Å²) < 4.78 is 6.26. The lowest BCUT2D eigenvalue weighted by Gasteiger charge is -2.71. The zero-order valence-corrected chi connectivity index (χ0v) is 30.5. The Morgan fingerprint density at radius 2 is 1.59 bits per heavy atom. The van der Waals surface area contributed by atoms with Crippen molar-refractivity contribution in [3.63, 3.8) is 0 Å². The number of rotatable bonds is 10. The number of ether oxygens (including phenoxy) is 1. The molecule has 0 aromatic rings. The molecular formula is C40H65NO5. The van der Waals surface area contributed by atoms with Gasteiger partial charge in [0.15, 0.2) is 0 Å². The third-order valence-electron chi connectivity index (χ3n) is 15.1. The minimum absolute atomic E-state index is 0.0110. The maximum atomic E-state index is 14.1. The lowest BCUT2D eigenvalue weighted by Crippen LogP contribution is -2.65. The molecule has 6 nitrogen and oxygen atoms in total. The van der Waals surface area contributed by atoms with Crippen LogP contribution in [0, 0.1) is 50.2 Å². The number of nitrogens with one attached hydrogen (secondary N) is 1. The Labute approximate surface area is 279 Å². The van der Waals surface area contributed by atoms with Crippen LogP contribution in [-0.2, 0) is 19.1 Å². The van der Waals surface area contributed by atoms with E-state index in [0.29, 0.717) is 31.2 Å². The zero-order chi connectivity index (χ0) is 33.8. The van der Waals surface area contributed by atoms with Crippen molar-refractivity contribution in [2.75, 3.05) is 6.54 Å². The van der Waals surface area contributed by atoms with Crippen LogP contribution in [0.3, 0.4) is 0 Å². The minimum atomic E-state index is -0.808. The molecule has 46 heavy (non-hydrogen) atoms. The van der Waals surface area contributed by atoms with E-state index in [-0.39, 0.29) is 57.4 Å². The second kappa shape index (κ2) is 12.6. The fourth-order valence-corrected chi connectivity index (χ4v) is 12.2. The number of amides is 1. The van der Waals surface area contributed by atoms with Gasteiger partial charge >= 0.3 is 11.9 Å². The molecule has 0 saturated heterocycles. The Morgan fingerprint density at radius 3 is 2.28 bits per heavy atom. The van der Waals surface area contributed by atoms with E-state index in [2.05, 4.69) is 66.8 Å². The van der Waals surface area contributed by atoms with Crippen molar-refractivity contribution in [2.24, 2.45) is 50.2 Å². The summed E-state index contributed by atoms with van der Waals surface area (Å²) in [4.78, 5) is 38.1. The smallest absolute Gasteiger partial charge is 0.306 e. The number of fused-ring (bicyclic) bond motifs is 7. The number of hydrogen-bond acceptors (Lipinski definition) is 4. The Balaban J connectivity index is 1.42. The molecule has 8 atom stereocenters. The molecule has 2 N–H and O–H groups in total. The molecule has 0 spiro atoms. The highest BCUT2D eigenvalue weighted by atomic mass is 16.5. The molecule has 0 heterocycles. The van der Waals surface area contributed by atoms with E-state index in [0.717, 1.165) is 77.0 Å². The third-order valence-corrected chi connectivity index (χ3v) is 15.1. The molecule has 5 aliphatic rings. The molecule has 1 amide bonds. The molecule has 0 bridgehead atoms. The molecule has 0 aromatic carbocycles. The zero-order valence-electron chi connectivity index (χ0n) is 30.5. The van der Waals surface area contributed by atoms with Crippen LogP contribution in [0.2, 0.25) is 0 Å². The second-order valence-electron chi connectivity index (χ2n) is 18.4. The Hall–Kier alpha value is -1.85. The van der Waals surface area contributed by atoms with Gasteiger partial charge < -0.3 is 15.2 Å². The van der Waals surface area contributed by atoms with E-state index in [4.69, 9.17) is 9.84 Å². The van der Waals surface area contributed by atoms with Crippen molar-refractivity contribution in [3.8, 4) is 0 Å². The number of carboxylic acids is 1. The predicted molar refractivity (Wildman–Crippen MR) is 183 cm³/mol. The van der Waals surface area contributed by atoms with E-state index in [1.54, 1.807) is 5.57 Å². The first kappa shape index (κ1) is 35.5. The molecular weight excluding hydrogens is 574 g/mol. The number of esters is 1. The van der Waals surface area contributed by atoms with E-state index in [1.807, 2.05) is 0 Å². The number of carbonyl (C=O) groups is 3. The van der Waals surface area contributed by atoms with Crippen LogP contribution in [0.4, 0.5) is 0 Å². The van der Waals surface area contributed by atoms with Gasteiger partial charge in [-0.05, 0) is 116 Å². The summed E-state index contributed by atoms with van der Waals surface area (Å²) in [6, 6.07) is 0. The summed E-state index contributed by atoms with van der Waals surface area (Å²) in [7, 11) is 0. The highest BCUT2D eigenvalue weighted by Crippen LogP contribution is 2.75. The van der Waals surface area contributed by atoms with Gasteiger partial charge in [-0.2, -0.15) is 0 Å². The lowest BCUT2D eigenvalue weighted by atomic mass is 9.33. The van der Waals surface area contributed by atoms with Crippen molar-refractivity contribution in [1.82, 2.24) is 5.32 Å². The molecule has 0 aromatic heterocycles. The molecule has 0 radical (unpaired) electrons. The highest BCUT2D eigenvalue weighted by Gasteiger charge is 2.69. The number of carboxylic acid groups (broad SMARTS) is 1. The van der Waals surface area contributed by atoms with Crippen molar-refractivity contribution < 1.29 is 24.2 Å². The molecule has 3 unspecified atom stereocenters. The van der Waals surface area contributed by atoms with E-state index in [9.17, 15) is 14.4 Å². The number of aliphatic carboxylic acids is 1. The normalized spacial score (nSPS) is 40.7. The summed E-state index contributed by atoms with van der Waals surface area (Å²) in [6.45, 7) is 19.8. The summed E-state index contributed by atoms with van der Waals surface area (Å²) in [5, 5.41) is 12.3. The molecule has 0 aliphatic heterocycles. The highest BCUT2D eigenvalue weighted by molar-refractivity contribution is 5.84. The monoisotopic (exact) mass is 639 g/mol. The van der Waals surface area contributed by atoms with Crippen molar-refractivity contribution in [2.45, 2.75) is 164 Å². The first-order valence-corrected chi connectivity index (χ1v) is 18.9. The maximum absolute atomic E-state index is 14.1. The van der Waals surface area contributed by atoms with Crippen LogP contribution in [0.5, 0.6) is 0 Å². The van der Waals surface area contributed by atoms with Gasteiger partial charge in [-0.3, -0.25) is 14.4 Å². The molecule has 5 aliphatic carbocycles. The third kappa shape index (κ3) is 5.78. The minimum Gasteiger partial charge on any atom is -0.481 e. The maximum Gasteiger partial charge on any atom is 0.306 e. The van der Waals surface area contributed by atoms with Crippen molar-refractivity contribution in [1.29, 1.82) is 0 Å². The van der Waals surface area contributed by atoms with Crippen LogP contribution in [0.25, 0.3) is 0 Å². The molecule has 260 valence electrons. The average molecular weight is 640 g/mol. The van der Waals surface area contributed by atoms with Gasteiger partial charge in [-0.1, -0.05) is 79.9 Å². The molecule has 6 heteroatoms. The number of allylic oxidation sites excluding steroid dienone is 2. The quantitative estimate of drug-likeness (QED) is 0.141.